The van der Waals surface area contributed by atoms with Crippen LogP contribution in [0.3, 0.4) is 0 Å². The molecule has 23 heavy (non-hydrogen) atoms. The molecule has 0 saturated heterocycles. The fourth-order valence-electron chi connectivity index (χ4n) is 2.06. The van der Waals surface area contributed by atoms with Crippen molar-refractivity contribution in [3.8, 4) is 17.0 Å². The Hall–Kier alpha value is -2.79. The van der Waals surface area contributed by atoms with Crippen LogP contribution in [0.2, 0.25) is 5.02 Å². The van der Waals surface area contributed by atoms with Gasteiger partial charge in [0.25, 0.3) is 5.91 Å². The highest BCUT2D eigenvalue weighted by molar-refractivity contribution is 6.32. The monoisotopic (exact) mass is 328 g/mol. The molecule has 6 heteroatoms. The van der Waals surface area contributed by atoms with Crippen LogP contribution in [0.25, 0.3) is 11.3 Å². The van der Waals surface area contributed by atoms with Crippen LogP contribution in [0.1, 0.15) is 16.1 Å². The number of carbonyl (C=O) groups is 1. The fourth-order valence-corrected chi connectivity index (χ4v) is 2.24. The zero-order valence-electron chi connectivity index (χ0n) is 12.0. The summed E-state index contributed by atoms with van der Waals surface area (Å²) < 4.78 is 5.22. The van der Waals surface area contributed by atoms with Crippen LogP contribution >= 0.6 is 11.6 Å². The van der Waals surface area contributed by atoms with Crippen LogP contribution in [-0.2, 0) is 6.54 Å². The second-order valence-electron chi connectivity index (χ2n) is 4.89. The van der Waals surface area contributed by atoms with Crippen LogP contribution in [-0.4, -0.2) is 16.2 Å². The molecule has 1 heterocycles. The second kappa shape index (κ2) is 6.54. The third kappa shape index (κ3) is 3.52. The third-order valence-electron chi connectivity index (χ3n) is 3.26. The summed E-state index contributed by atoms with van der Waals surface area (Å²) >= 11 is 5.79. The third-order valence-corrected chi connectivity index (χ3v) is 3.56. The molecule has 0 aliphatic carbocycles. The minimum absolute atomic E-state index is 0.0639. The number of aromatic hydroxyl groups is 1. The molecule has 2 aromatic carbocycles. The summed E-state index contributed by atoms with van der Waals surface area (Å²) in [5.74, 6) is 0.164. The summed E-state index contributed by atoms with van der Waals surface area (Å²) in [7, 11) is 0. The van der Waals surface area contributed by atoms with E-state index in [4.69, 9.17) is 16.1 Å². The average molecular weight is 329 g/mol. The molecule has 0 fully saturated rings. The normalized spacial score (nSPS) is 10.5. The zero-order chi connectivity index (χ0) is 16.2. The number of benzene rings is 2. The van der Waals surface area contributed by atoms with Gasteiger partial charge in [-0.05, 0) is 18.2 Å². The number of carbonyl (C=O) groups excluding carboxylic acids is 1. The summed E-state index contributed by atoms with van der Waals surface area (Å²) in [6.07, 6.45) is 0. The number of aromatic nitrogens is 1. The Morgan fingerprint density at radius 1 is 1.17 bits per heavy atom. The van der Waals surface area contributed by atoms with E-state index in [1.165, 1.54) is 18.2 Å². The molecule has 0 spiro atoms. The first kappa shape index (κ1) is 15.1. The van der Waals surface area contributed by atoms with Gasteiger partial charge in [0.2, 0.25) is 0 Å². The van der Waals surface area contributed by atoms with Gasteiger partial charge >= 0.3 is 0 Å². The molecule has 0 aliphatic heterocycles. The number of nitrogens with zero attached hydrogens (tertiary/aromatic N) is 1. The van der Waals surface area contributed by atoms with Crippen molar-refractivity contribution in [1.82, 2.24) is 10.5 Å². The predicted molar refractivity (Wildman–Crippen MR) is 86.2 cm³/mol. The number of nitrogens with one attached hydrogen (secondary N) is 1. The van der Waals surface area contributed by atoms with Crippen LogP contribution in [0, 0.1) is 0 Å². The van der Waals surface area contributed by atoms with Crippen LogP contribution in [0.15, 0.2) is 59.1 Å². The summed E-state index contributed by atoms with van der Waals surface area (Å²) in [5.41, 5.74) is 2.01. The highest BCUT2D eigenvalue weighted by Crippen LogP contribution is 2.23. The molecule has 0 atom stereocenters. The summed E-state index contributed by atoms with van der Waals surface area (Å²) in [4.78, 5) is 12.0. The van der Waals surface area contributed by atoms with Crippen molar-refractivity contribution in [3.63, 3.8) is 0 Å². The largest absolute Gasteiger partial charge is 0.506 e. The van der Waals surface area contributed by atoms with Crippen LogP contribution < -0.4 is 5.32 Å². The molecular weight excluding hydrogens is 316 g/mol. The van der Waals surface area contributed by atoms with Gasteiger partial charge in [0.05, 0.1) is 11.6 Å². The zero-order valence-corrected chi connectivity index (χ0v) is 12.7. The molecular formula is C17H13ClN2O3. The molecule has 3 rings (SSSR count). The Labute approximate surface area is 137 Å². The lowest BCUT2D eigenvalue weighted by Gasteiger charge is -2.04. The molecule has 116 valence electrons. The van der Waals surface area contributed by atoms with Crippen molar-refractivity contribution in [3.05, 3.63) is 70.9 Å². The molecule has 0 bridgehead atoms. The van der Waals surface area contributed by atoms with Gasteiger partial charge in [0.15, 0.2) is 5.76 Å². The van der Waals surface area contributed by atoms with E-state index in [0.717, 1.165) is 5.56 Å². The first-order valence-corrected chi connectivity index (χ1v) is 7.29. The minimum atomic E-state index is -0.315. The number of hydrogen-bond acceptors (Lipinski definition) is 4. The van der Waals surface area contributed by atoms with Crippen LogP contribution in [0.4, 0.5) is 0 Å². The molecule has 2 N–H and O–H groups in total. The van der Waals surface area contributed by atoms with Gasteiger partial charge in [-0.2, -0.15) is 0 Å². The lowest BCUT2D eigenvalue weighted by atomic mass is 10.1. The van der Waals surface area contributed by atoms with Gasteiger partial charge in [-0.3, -0.25) is 4.79 Å². The highest BCUT2D eigenvalue weighted by atomic mass is 35.5. The van der Waals surface area contributed by atoms with Crippen molar-refractivity contribution in [2.45, 2.75) is 6.54 Å². The van der Waals surface area contributed by atoms with Crippen molar-refractivity contribution < 1.29 is 14.4 Å². The smallest absolute Gasteiger partial charge is 0.251 e. The van der Waals surface area contributed by atoms with Crippen molar-refractivity contribution in [2.24, 2.45) is 0 Å². The van der Waals surface area contributed by atoms with Gasteiger partial charge in [0.1, 0.15) is 11.4 Å². The molecule has 0 aliphatic rings. The first-order valence-electron chi connectivity index (χ1n) is 6.91. The Morgan fingerprint density at radius 3 is 2.70 bits per heavy atom. The van der Waals surface area contributed by atoms with E-state index in [-0.39, 0.29) is 23.2 Å². The van der Waals surface area contributed by atoms with Crippen molar-refractivity contribution in [2.75, 3.05) is 0 Å². The lowest BCUT2D eigenvalue weighted by molar-refractivity contribution is 0.0947. The van der Waals surface area contributed by atoms with Crippen molar-refractivity contribution in [1.29, 1.82) is 0 Å². The van der Waals surface area contributed by atoms with E-state index in [9.17, 15) is 9.90 Å². The second-order valence-corrected chi connectivity index (χ2v) is 5.30. The average Bonchev–Trinajstić information content (AvgIpc) is 3.05. The lowest BCUT2D eigenvalue weighted by Crippen LogP contribution is -2.22. The molecule has 0 unspecified atom stereocenters. The molecule has 3 aromatic rings. The molecule has 1 amide bonds. The number of phenolic OH excluding ortho intramolecular Hbond substituents is 1. The van der Waals surface area contributed by atoms with E-state index in [2.05, 4.69) is 10.5 Å². The number of hydrogen-bond donors (Lipinski definition) is 2. The predicted octanol–water partition coefficient (Wildman–Crippen LogP) is 3.63. The number of halogens is 1. The number of amides is 1. The molecule has 0 saturated carbocycles. The summed E-state index contributed by atoms with van der Waals surface area (Å²) in [6.45, 7) is 0.206. The number of rotatable bonds is 4. The van der Waals surface area contributed by atoms with Gasteiger partial charge in [-0.1, -0.05) is 47.1 Å². The van der Waals surface area contributed by atoms with E-state index in [0.29, 0.717) is 17.0 Å². The molecule has 1 aromatic heterocycles. The standard InChI is InChI=1S/C17H13ClN2O3/c18-14-8-12(6-7-16(14)21)17(22)19-10-13-9-15(20-23-13)11-4-2-1-3-5-11/h1-9,21H,10H2,(H,19,22). The first-order chi connectivity index (χ1) is 11.1. The van der Waals surface area contributed by atoms with Gasteiger partial charge in [-0.15, -0.1) is 0 Å². The molecule has 5 nitrogen and oxygen atoms in total. The van der Waals surface area contributed by atoms with Gasteiger partial charge in [0, 0.05) is 17.2 Å². The summed E-state index contributed by atoms with van der Waals surface area (Å²) in [6, 6.07) is 15.7. The van der Waals surface area contributed by atoms with Crippen LogP contribution in [0.5, 0.6) is 5.75 Å². The van der Waals surface area contributed by atoms with Gasteiger partial charge in [-0.25, -0.2) is 0 Å². The van der Waals surface area contributed by atoms with Gasteiger partial charge < -0.3 is 14.9 Å². The Morgan fingerprint density at radius 2 is 1.96 bits per heavy atom. The maximum atomic E-state index is 12.0. The van der Waals surface area contributed by atoms with E-state index in [1.807, 2.05) is 30.3 Å². The van der Waals surface area contributed by atoms with Crippen molar-refractivity contribution >= 4 is 17.5 Å². The SMILES string of the molecule is O=C(NCc1cc(-c2ccccc2)no1)c1ccc(O)c(Cl)c1. The van der Waals surface area contributed by atoms with E-state index in [1.54, 1.807) is 6.07 Å². The minimum Gasteiger partial charge on any atom is -0.506 e. The topological polar surface area (TPSA) is 75.4 Å². The Kier molecular flexibility index (Phi) is 4.30. The highest BCUT2D eigenvalue weighted by Gasteiger charge is 2.11. The fraction of sp³-hybridized carbons (Fsp3) is 0.0588. The Bertz CT molecular complexity index is 831. The maximum Gasteiger partial charge on any atom is 0.251 e. The number of phenols is 1. The maximum absolute atomic E-state index is 12.0. The Balaban J connectivity index is 1.65. The molecule has 0 radical (unpaired) electrons. The van der Waals surface area contributed by atoms with E-state index >= 15 is 0 Å². The summed E-state index contributed by atoms with van der Waals surface area (Å²) in [5, 5.41) is 16.2. The van der Waals surface area contributed by atoms with E-state index < -0.39 is 0 Å². The quantitative estimate of drug-likeness (QED) is 0.767.